The van der Waals surface area contributed by atoms with Crippen LogP contribution in [0.4, 0.5) is 13.2 Å². The van der Waals surface area contributed by atoms with Gasteiger partial charge in [-0.1, -0.05) is 49.7 Å². The molecule has 0 aliphatic heterocycles. The van der Waals surface area contributed by atoms with Gasteiger partial charge in [-0.3, -0.25) is 4.79 Å². The molecular formula is C17H20F3N3O2. The standard InChI is InChI=1S/C17H20F3N3O2/c1-3-5-13(21-14(24)6-4-2)11-7-9-12(10-8-11)15-22-16(25-23-15)17(18,19)20/h7-10,13H,3-6H2,1-2H3,(H,21,24). The number of benzene rings is 1. The molecule has 0 bridgehead atoms. The first kappa shape index (κ1) is 19.0. The van der Waals surface area contributed by atoms with Gasteiger partial charge in [-0.05, 0) is 18.4 Å². The van der Waals surface area contributed by atoms with Crippen molar-refractivity contribution in [3.63, 3.8) is 0 Å². The van der Waals surface area contributed by atoms with Crippen molar-refractivity contribution in [1.82, 2.24) is 15.5 Å². The highest BCUT2D eigenvalue weighted by Crippen LogP contribution is 2.30. The first-order valence-electron chi connectivity index (χ1n) is 8.15. The largest absolute Gasteiger partial charge is 0.471 e. The van der Waals surface area contributed by atoms with Crippen LogP contribution in [-0.2, 0) is 11.0 Å². The van der Waals surface area contributed by atoms with Gasteiger partial charge in [-0.25, -0.2) is 0 Å². The van der Waals surface area contributed by atoms with Gasteiger partial charge in [0.05, 0.1) is 6.04 Å². The molecular weight excluding hydrogens is 335 g/mol. The lowest BCUT2D eigenvalue weighted by atomic mass is 10.0. The van der Waals surface area contributed by atoms with E-state index in [9.17, 15) is 18.0 Å². The molecule has 1 amide bonds. The summed E-state index contributed by atoms with van der Waals surface area (Å²) in [5.74, 6) is -1.51. The average Bonchev–Trinajstić information content (AvgIpc) is 3.05. The number of halogens is 3. The summed E-state index contributed by atoms with van der Waals surface area (Å²) in [6.07, 6.45) is -1.78. The fraction of sp³-hybridized carbons (Fsp3) is 0.471. The number of amides is 1. The van der Waals surface area contributed by atoms with Crippen molar-refractivity contribution in [2.45, 2.75) is 51.7 Å². The highest BCUT2D eigenvalue weighted by molar-refractivity contribution is 5.76. The zero-order valence-corrected chi connectivity index (χ0v) is 14.1. The van der Waals surface area contributed by atoms with E-state index >= 15 is 0 Å². The molecule has 8 heteroatoms. The summed E-state index contributed by atoms with van der Waals surface area (Å²) in [5, 5.41) is 6.34. The molecule has 1 heterocycles. The Morgan fingerprint density at radius 3 is 2.40 bits per heavy atom. The molecule has 1 unspecified atom stereocenters. The Balaban J connectivity index is 2.16. The highest BCUT2D eigenvalue weighted by Gasteiger charge is 2.38. The van der Waals surface area contributed by atoms with E-state index in [0.717, 1.165) is 24.8 Å². The van der Waals surface area contributed by atoms with Crippen LogP contribution in [0.2, 0.25) is 0 Å². The first-order chi connectivity index (χ1) is 11.8. The number of carbonyl (C=O) groups excluding carboxylic acids is 1. The Labute approximate surface area is 143 Å². The fourth-order valence-corrected chi connectivity index (χ4v) is 2.42. The van der Waals surface area contributed by atoms with Gasteiger partial charge in [0.1, 0.15) is 0 Å². The fourth-order valence-electron chi connectivity index (χ4n) is 2.42. The van der Waals surface area contributed by atoms with E-state index in [2.05, 4.69) is 20.0 Å². The van der Waals surface area contributed by atoms with Crippen LogP contribution in [0.3, 0.4) is 0 Å². The molecule has 0 aliphatic carbocycles. The average molecular weight is 355 g/mol. The summed E-state index contributed by atoms with van der Waals surface area (Å²) in [7, 11) is 0. The number of nitrogens with zero attached hydrogens (tertiary/aromatic N) is 2. The zero-order chi connectivity index (χ0) is 18.4. The van der Waals surface area contributed by atoms with Crippen LogP contribution in [0.25, 0.3) is 11.4 Å². The minimum atomic E-state index is -4.67. The van der Waals surface area contributed by atoms with Crippen molar-refractivity contribution in [3.05, 3.63) is 35.7 Å². The molecule has 136 valence electrons. The molecule has 0 saturated heterocycles. The minimum absolute atomic E-state index is 0.0157. The van der Waals surface area contributed by atoms with Crippen LogP contribution in [0.5, 0.6) is 0 Å². The molecule has 0 fully saturated rings. The normalized spacial score (nSPS) is 12.8. The van der Waals surface area contributed by atoms with E-state index in [0.29, 0.717) is 12.0 Å². The molecule has 0 saturated carbocycles. The molecule has 5 nitrogen and oxygen atoms in total. The van der Waals surface area contributed by atoms with Gasteiger partial charge in [-0.15, -0.1) is 0 Å². The van der Waals surface area contributed by atoms with Gasteiger partial charge in [0.2, 0.25) is 11.7 Å². The van der Waals surface area contributed by atoms with Gasteiger partial charge in [0.25, 0.3) is 0 Å². The Hall–Kier alpha value is -2.38. The van der Waals surface area contributed by atoms with Gasteiger partial charge >= 0.3 is 12.1 Å². The summed E-state index contributed by atoms with van der Waals surface area (Å²) < 4.78 is 41.8. The monoisotopic (exact) mass is 355 g/mol. The summed E-state index contributed by atoms with van der Waals surface area (Å²) >= 11 is 0. The van der Waals surface area contributed by atoms with Crippen LogP contribution in [0.1, 0.15) is 57.0 Å². The molecule has 0 aliphatic rings. The van der Waals surface area contributed by atoms with E-state index in [4.69, 9.17) is 0 Å². The van der Waals surface area contributed by atoms with Crippen molar-refractivity contribution in [2.75, 3.05) is 0 Å². The molecule has 1 N–H and O–H groups in total. The predicted octanol–water partition coefficient (Wildman–Crippen LogP) is 4.51. The van der Waals surface area contributed by atoms with E-state index in [1.807, 2.05) is 13.8 Å². The van der Waals surface area contributed by atoms with E-state index in [-0.39, 0.29) is 17.8 Å². The van der Waals surface area contributed by atoms with Crippen LogP contribution in [0.15, 0.2) is 28.8 Å². The molecule has 1 aromatic carbocycles. The number of aromatic nitrogens is 2. The Morgan fingerprint density at radius 1 is 1.20 bits per heavy atom. The summed E-state index contributed by atoms with van der Waals surface area (Å²) in [5.41, 5.74) is 1.30. The molecule has 1 atom stereocenters. The van der Waals surface area contributed by atoms with Crippen LogP contribution < -0.4 is 5.32 Å². The number of nitrogens with one attached hydrogen (secondary N) is 1. The molecule has 2 aromatic rings. The second kappa shape index (κ2) is 8.13. The van der Waals surface area contributed by atoms with Gasteiger partial charge in [0, 0.05) is 12.0 Å². The third kappa shape index (κ3) is 5.04. The SMILES string of the molecule is CCCC(=O)NC(CCC)c1ccc(-c2noc(C(F)(F)F)n2)cc1. The lowest BCUT2D eigenvalue weighted by Gasteiger charge is -2.18. The van der Waals surface area contributed by atoms with E-state index < -0.39 is 12.1 Å². The van der Waals surface area contributed by atoms with E-state index in [1.165, 1.54) is 0 Å². The quantitative estimate of drug-likeness (QED) is 0.793. The van der Waals surface area contributed by atoms with Gasteiger partial charge < -0.3 is 9.84 Å². The van der Waals surface area contributed by atoms with Crippen LogP contribution in [-0.4, -0.2) is 16.0 Å². The number of carbonyl (C=O) groups is 1. The maximum absolute atomic E-state index is 12.5. The number of rotatable bonds is 7. The maximum Gasteiger partial charge on any atom is 0.471 e. The lowest BCUT2D eigenvalue weighted by Crippen LogP contribution is -2.28. The lowest BCUT2D eigenvalue weighted by molar-refractivity contribution is -0.159. The van der Waals surface area contributed by atoms with Crippen molar-refractivity contribution in [1.29, 1.82) is 0 Å². The third-order valence-electron chi connectivity index (χ3n) is 3.63. The van der Waals surface area contributed by atoms with Crippen LogP contribution >= 0.6 is 0 Å². The maximum atomic E-state index is 12.5. The molecule has 0 spiro atoms. The molecule has 25 heavy (non-hydrogen) atoms. The smallest absolute Gasteiger partial charge is 0.349 e. The molecule has 1 aromatic heterocycles. The van der Waals surface area contributed by atoms with E-state index in [1.54, 1.807) is 24.3 Å². The van der Waals surface area contributed by atoms with Crippen molar-refractivity contribution in [3.8, 4) is 11.4 Å². The Bertz CT molecular complexity index is 696. The number of alkyl halides is 3. The molecule has 2 rings (SSSR count). The Kier molecular flexibility index (Phi) is 6.17. The van der Waals surface area contributed by atoms with Crippen molar-refractivity contribution < 1.29 is 22.5 Å². The summed E-state index contributed by atoms with van der Waals surface area (Å²) in [4.78, 5) is 15.2. The first-order valence-corrected chi connectivity index (χ1v) is 8.15. The van der Waals surface area contributed by atoms with Crippen LogP contribution in [0, 0.1) is 0 Å². The molecule has 0 radical (unpaired) electrons. The topological polar surface area (TPSA) is 68.0 Å². The summed E-state index contributed by atoms with van der Waals surface area (Å²) in [6.45, 7) is 3.95. The predicted molar refractivity (Wildman–Crippen MR) is 85.4 cm³/mol. The third-order valence-corrected chi connectivity index (χ3v) is 3.63. The minimum Gasteiger partial charge on any atom is -0.349 e. The van der Waals surface area contributed by atoms with Gasteiger partial charge in [0.15, 0.2) is 0 Å². The van der Waals surface area contributed by atoms with Gasteiger partial charge in [-0.2, -0.15) is 18.2 Å². The summed E-state index contributed by atoms with van der Waals surface area (Å²) in [6, 6.07) is 6.62. The Morgan fingerprint density at radius 2 is 1.88 bits per heavy atom. The number of hydrogen-bond donors (Lipinski definition) is 1. The second-order valence-corrected chi connectivity index (χ2v) is 5.70. The number of hydrogen-bond acceptors (Lipinski definition) is 4. The van der Waals surface area contributed by atoms with Crippen molar-refractivity contribution >= 4 is 5.91 Å². The zero-order valence-electron chi connectivity index (χ0n) is 14.1. The van der Waals surface area contributed by atoms with Crippen molar-refractivity contribution in [2.24, 2.45) is 0 Å². The highest BCUT2D eigenvalue weighted by atomic mass is 19.4. The second-order valence-electron chi connectivity index (χ2n) is 5.70.